The number of imidazole rings is 1. The van der Waals surface area contributed by atoms with Crippen LogP contribution in [0.15, 0.2) is 235 Å². The first kappa shape index (κ1) is 39.6. The van der Waals surface area contributed by atoms with Crippen LogP contribution in [0.3, 0.4) is 0 Å². The SMILES string of the molecule is [2H]c1c([2H])c([2H])c(-c2cccc(-c3c([2H])c([2H])c([2H])c([2H])c3[2H])c2-[n+]2[c-]n(-c3[c-]c(Oc4[c-]c5c(cc4)c4cc(-c6cc7c8c(c6)Oc6c(oc9ccccc69)B8c6ccccc6O7)ccc4n5-c4cc(C(C)(C)C)ccn4)ccc3)c3ccccc32)c([2H])c1[2H].[Pt]. The number of nitrogens with zero attached hydrogens (tertiary/aromatic N) is 4. The maximum Gasteiger partial charge on any atom is 0.305 e. The molecule has 82 heavy (non-hydrogen) atoms. The van der Waals surface area contributed by atoms with E-state index in [1.54, 1.807) is 39.5 Å². The van der Waals surface area contributed by atoms with Gasteiger partial charge in [0.2, 0.25) is 0 Å². The van der Waals surface area contributed by atoms with E-state index in [0.29, 0.717) is 56.8 Å². The molecule has 14 aromatic rings. The van der Waals surface area contributed by atoms with Gasteiger partial charge in [-0.15, -0.1) is 29.7 Å². The molecule has 0 amide bonds. The first-order valence-corrected chi connectivity index (χ1v) is 26.5. The van der Waals surface area contributed by atoms with Crippen molar-refractivity contribution < 1.29 is 58.0 Å². The summed E-state index contributed by atoms with van der Waals surface area (Å²) in [7, 11) is 0. The molecular weight excluding hydrogens is 1190 g/mol. The summed E-state index contributed by atoms with van der Waals surface area (Å²) in [5, 5.41) is 2.73. The molecule has 4 aromatic heterocycles. The predicted octanol–water partition coefficient (Wildman–Crippen LogP) is 15.4. The van der Waals surface area contributed by atoms with Crippen LogP contribution >= 0.6 is 0 Å². The third-order valence-electron chi connectivity index (χ3n) is 15.3. The molecule has 394 valence electrons. The summed E-state index contributed by atoms with van der Waals surface area (Å²) >= 11 is 0. The zero-order chi connectivity index (χ0) is 62.6. The molecule has 0 aliphatic carbocycles. The minimum absolute atomic E-state index is 0. The van der Waals surface area contributed by atoms with Crippen LogP contribution in [0.5, 0.6) is 34.5 Å². The number of hydrogen-bond acceptors (Lipinski definition) is 5. The second kappa shape index (κ2) is 19.3. The molecule has 0 saturated carbocycles. The number of furan rings is 1. The number of benzene rings is 10. The number of para-hydroxylation sites is 5. The molecule has 2 aliphatic heterocycles. The van der Waals surface area contributed by atoms with Crippen molar-refractivity contribution in [3.8, 4) is 85.1 Å². The van der Waals surface area contributed by atoms with Crippen molar-refractivity contribution in [1.29, 1.82) is 0 Å². The van der Waals surface area contributed by atoms with Gasteiger partial charge < -0.3 is 27.8 Å². The van der Waals surface area contributed by atoms with E-state index in [0.717, 1.165) is 66.3 Å². The third-order valence-corrected chi connectivity index (χ3v) is 15.3. The molecule has 0 saturated heterocycles. The van der Waals surface area contributed by atoms with Crippen LogP contribution in [0.2, 0.25) is 0 Å². The van der Waals surface area contributed by atoms with Gasteiger partial charge in [-0.25, -0.2) is 4.98 Å². The largest absolute Gasteiger partial charge is 0.510 e. The summed E-state index contributed by atoms with van der Waals surface area (Å²) in [6.07, 6.45) is 5.26. The van der Waals surface area contributed by atoms with Crippen molar-refractivity contribution in [2.75, 3.05) is 0 Å². The van der Waals surface area contributed by atoms with Crippen molar-refractivity contribution >= 4 is 67.1 Å². The van der Waals surface area contributed by atoms with Crippen molar-refractivity contribution in [3.63, 3.8) is 0 Å². The van der Waals surface area contributed by atoms with Gasteiger partial charge in [0.15, 0.2) is 5.75 Å². The summed E-state index contributed by atoms with van der Waals surface area (Å²) in [5.74, 6) is 4.22. The molecule has 0 radical (unpaired) electrons. The van der Waals surface area contributed by atoms with Crippen LogP contribution in [0.4, 0.5) is 0 Å². The number of aromatic nitrogens is 4. The Morgan fingerprint density at radius 1 is 0.598 bits per heavy atom. The Morgan fingerprint density at radius 2 is 1.32 bits per heavy atom. The molecule has 0 spiro atoms. The van der Waals surface area contributed by atoms with Crippen LogP contribution < -0.4 is 35.4 Å². The molecule has 16 rings (SSSR count). The average Bonchev–Trinajstić information content (AvgIpc) is 1.36. The van der Waals surface area contributed by atoms with Gasteiger partial charge in [0.1, 0.15) is 34.3 Å². The second-order valence-electron chi connectivity index (χ2n) is 21.1. The zero-order valence-electron chi connectivity index (χ0n) is 54.0. The van der Waals surface area contributed by atoms with Gasteiger partial charge in [0.05, 0.1) is 35.8 Å². The molecule has 10 heteroatoms. The molecule has 2 aliphatic rings. The Hall–Kier alpha value is -9.69. The number of ether oxygens (including phenoxy) is 3. The summed E-state index contributed by atoms with van der Waals surface area (Å²) in [4.78, 5) is 4.97. The number of rotatable bonds is 8. The fourth-order valence-corrected chi connectivity index (χ4v) is 11.5. The smallest absolute Gasteiger partial charge is 0.305 e. The first-order chi connectivity index (χ1) is 43.9. The zero-order valence-corrected chi connectivity index (χ0v) is 46.3. The van der Waals surface area contributed by atoms with E-state index < -0.39 is 60.4 Å². The van der Waals surface area contributed by atoms with Gasteiger partial charge >= 0.3 is 6.71 Å². The standard InChI is InChI=1S/C72H47BN4O4.Pt/c1-72(2,3)49-36-37-74-67(41-49)77-59-35-32-47(48-39-65-68-66(40-48)80-70-56-24-10-14-30-63(56)81-71(70)73(68)58-27-11-15-31-64(58)79-65)38-57(59)55-34-33-52(43-62(55)77)78-51-23-16-22-50(42-51)75-44-76(61-29-13-12-28-60(61)75)69-53(45-18-6-4-7-19-45)25-17-26-54(69)46-20-8-5-9-21-46;/h4-41H,1-3H3;/q-2;/i4D,5D,6D,7D,8D,9D,18D,19D,20D,21D;. The van der Waals surface area contributed by atoms with Gasteiger partial charge in [0.25, 0.3) is 6.33 Å². The fourth-order valence-electron chi connectivity index (χ4n) is 11.5. The molecule has 10 aromatic carbocycles. The van der Waals surface area contributed by atoms with Gasteiger partial charge in [-0.1, -0.05) is 172 Å². The predicted molar refractivity (Wildman–Crippen MR) is 322 cm³/mol. The maximum atomic E-state index is 9.11. The Kier molecular flexibility index (Phi) is 9.31. The normalized spacial score (nSPS) is 14.1. The van der Waals surface area contributed by atoms with E-state index in [4.69, 9.17) is 37.3 Å². The van der Waals surface area contributed by atoms with Crippen LogP contribution in [0.25, 0.3) is 94.4 Å². The van der Waals surface area contributed by atoms with E-state index in [9.17, 15) is 0 Å². The van der Waals surface area contributed by atoms with Crippen molar-refractivity contribution in [2.24, 2.45) is 0 Å². The number of pyridine rings is 1. The van der Waals surface area contributed by atoms with Crippen LogP contribution in [-0.4, -0.2) is 20.8 Å². The minimum atomic E-state index is -0.583. The van der Waals surface area contributed by atoms with Crippen LogP contribution in [0.1, 0.15) is 40.0 Å². The Bertz CT molecular complexity index is 5360. The fraction of sp³-hybridized carbons (Fsp3) is 0.0556. The van der Waals surface area contributed by atoms with Crippen molar-refractivity contribution in [2.45, 2.75) is 26.2 Å². The summed E-state index contributed by atoms with van der Waals surface area (Å²) < 4.78 is 120. The van der Waals surface area contributed by atoms with Gasteiger partial charge in [-0.2, -0.15) is 18.2 Å². The first-order valence-electron chi connectivity index (χ1n) is 31.5. The Labute approximate surface area is 502 Å². The molecular formula is C72H47BN4O4Pt-2. The molecule has 0 fully saturated rings. The van der Waals surface area contributed by atoms with E-state index >= 15 is 0 Å². The quantitative estimate of drug-likeness (QED) is 0.0861. The summed E-state index contributed by atoms with van der Waals surface area (Å²) in [6.45, 7) is 6.27. The third kappa shape index (κ3) is 8.01. The molecule has 8 nitrogen and oxygen atoms in total. The van der Waals surface area contributed by atoms with E-state index in [-0.39, 0.29) is 61.1 Å². The van der Waals surface area contributed by atoms with Gasteiger partial charge in [0, 0.05) is 49.7 Å². The Balaban J connectivity index is 0.00000702. The number of hydrogen-bond donors (Lipinski definition) is 0. The topological polar surface area (TPSA) is 67.5 Å². The second-order valence-corrected chi connectivity index (χ2v) is 21.1. The summed E-state index contributed by atoms with van der Waals surface area (Å²) in [5.41, 5.74) is 9.40. The van der Waals surface area contributed by atoms with E-state index in [1.807, 2.05) is 97.2 Å². The van der Waals surface area contributed by atoms with Gasteiger partial charge in [-0.3, -0.25) is 4.57 Å². The Morgan fingerprint density at radius 3 is 2.12 bits per heavy atom. The van der Waals surface area contributed by atoms with Crippen LogP contribution in [-0.2, 0) is 26.5 Å². The molecule has 0 bridgehead atoms. The molecule has 6 heterocycles. The number of fused-ring (bicyclic) bond motifs is 10. The minimum Gasteiger partial charge on any atom is -0.510 e. The van der Waals surface area contributed by atoms with Crippen LogP contribution in [0, 0.1) is 18.5 Å². The van der Waals surface area contributed by atoms with Crippen molar-refractivity contribution in [3.05, 3.63) is 254 Å². The maximum absolute atomic E-state index is 9.11. The van der Waals surface area contributed by atoms with E-state index in [2.05, 4.69) is 86.3 Å². The average molecular weight is 1250 g/mol. The van der Waals surface area contributed by atoms with E-state index in [1.165, 1.54) is 0 Å². The summed E-state index contributed by atoms with van der Waals surface area (Å²) in [6, 6.07) is 53.7. The monoisotopic (exact) mass is 1250 g/mol. The molecule has 0 unspecified atom stereocenters. The molecule has 0 N–H and O–H groups in total. The van der Waals surface area contributed by atoms with Gasteiger partial charge in [-0.05, 0) is 109 Å². The van der Waals surface area contributed by atoms with Crippen molar-refractivity contribution in [1.82, 2.24) is 14.1 Å². The molecule has 0 atom stereocenters.